The number of hydrogen-bond acceptors (Lipinski definition) is 5. The molecule has 0 atom stereocenters. The Morgan fingerprint density at radius 2 is 1.88 bits per heavy atom. The minimum absolute atomic E-state index is 0.0298. The van der Waals surface area contributed by atoms with Crippen LogP contribution in [0.3, 0.4) is 0 Å². The molecule has 1 aromatic heterocycles. The zero-order chi connectivity index (χ0) is 18.4. The van der Waals surface area contributed by atoms with E-state index in [-0.39, 0.29) is 12.0 Å². The lowest BCUT2D eigenvalue weighted by Gasteiger charge is -2.11. The molecule has 11 heteroatoms. The van der Waals surface area contributed by atoms with Crippen molar-refractivity contribution in [1.29, 1.82) is 0 Å². The summed E-state index contributed by atoms with van der Waals surface area (Å²) in [5, 5.41) is 14.1. The van der Waals surface area contributed by atoms with Gasteiger partial charge in [-0.25, -0.2) is 4.79 Å². The smallest absolute Gasteiger partial charge is 0.391 e. The van der Waals surface area contributed by atoms with Crippen LogP contribution in [0.5, 0.6) is 0 Å². The van der Waals surface area contributed by atoms with Gasteiger partial charge >= 0.3 is 11.9 Å². The van der Waals surface area contributed by atoms with E-state index in [0.717, 1.165) is 0 Å². The van der Waals surface area contributed by atoms with Gasteiger partial charge in [-0.05, 0) is 6.07 Å². The number of benzene rings is 1. The summed E-state index contributed by atoms with van der Waals surface area (Å²) in [5.41, 5.74) is -3.55. The zero-order valence-corrected chi connectivity index (χ0v) is 13.4. The second-order valence-electron chi connectivity index (χ2n) is 5.91. The van der Waals surface area contributed by atoms with Gasteiger partial charge in [0, 0.05) is 11.5 Å². The minimum atomic E-state index is -4.88. The monoisotopic (exact) mass is 365 g/mol. The lowest BCUT2D eigenvalue weighted by atomic mass is 9.97. The van der Waals surface area contributed by atoms with Crippen molar-refractivity contribution < 1.29 is 22.5 Å². The van der Waals surface area contributed by atoms with Crippen molar-refractivity contribution in [2.24, 2.45) is 0 Å². The van der Waals surface area contributed by atoms with Gasteiger partial charge in [0.15, 0.2) is 5.69 Å². The molecule has 0 saturated heterocycles. The highest BCUT2D eigenvalue weighted by molar-refractivity contribution is 6.31. The maximum Gasteiger partial charge on any atom is 0.442 e. The molecule has 0 aliphatic rings. The SMILES string of the molecule is CC(C)(C)c1nn(-c2cc(Cl)c(C(F)(F)F)cc2[N+](=O)[O-])c(=O)o1. The fourth-order valence-electron chi connectivity index (χ4n) is 1.82. The summed E-state index contributed by atoms with van der Waals surface area (Å²) in [7, 11) is 0. The Balaban J connectivity index is 2.76. The van der Waals surface area contributed by atoms with Crippen LogP contribution in [0.25, 0.3) is 5.69 Å². The first-order valence-electron chi connectivity index (χ1n) is 6.48. The summed E-state index contributed by atoms with van der Waals surface area (Å²) in [5.74, 6) is -1.10. The van der Waals surface area contributed by atoms with E-state index in [0.29, 0.717) is 10.7 Å². The van der Waals surface area contributed by atoms with Gasteiger partial charge in [-0.2, -0.15) is 17.9 Å². The Hall–Kier alpha value is -2.36. The van der Waals surface area contributed by atoms with E-state index >= 15 is 0 Å². The molecule has 130 valence electrons. The van der Waals surface area contributed by atoms with E-state index in [1.165, 1.54) is 0 Å². The topological polar surface area (TPSA) is 91.2 Å². The lowest BCUT2D eigenvalue weighted by molar-refractivity contribution is -0.384. The molecule has 0 bridgehead atoms. The number of nitro benzene ring substituents is 1. The Bertz CT molecular complexity index is 865. The van der Waals surface area contributed by atoms with Crippen LogP contribution in [0.1, 0.15) is 32.2 Å². The highest BCUT2D eigenvalue weighted by atomic mass is 35.5. The van der Waals surface area contributed by atoms with Crippen molar-refractivity contribution >= 4 is 17.3 Å². The first-order valence-corrected chi connectivity index (χ1v) is 6.86. The Morgan fingerprint density at radius 1 is 1.29 bits per heavy atom. The fourth-order valence-corrected chi connectivity index (χ4v) is 2.08. The molecule has 0 amide bonds. The lowest BCUT2D eigenvalue weighted by Crippen LogP contribution is -2.17. The van der Waals surface area contributed by atoms with Gasteiger partial charge in [0.2, 0.25) is 5.89 Å². The molecular formula is C13H11ClF3N3O4. The van der Waals surface area contributed by atoms with Crippen LogP contribution in [-0.4, -0.2) is 14.7 Å². The van der Waals surface area contributed by atoms with Crippen molar-refractivity contribution in [2.45, 2.75) is 32.4 Å². The molecule has 2 rings (SSSR count). The molecule has 0 N–H and O–H groups in total. The van der Waals surface area contributed by atoms with E-state index < -0.39 is 44.2 Å². The Morgan fingerprint density at radius 3 is 2.29 bits per heavy atom. The number of nitrogens with zero attached hydrogens (tertiary/aromatic N) is 3. The van der Waals surface area contributed by atoms with Crippen LogP contribution in [0.4, 0.5) is 18.9 Å². The van der Waals surface area contributed by atoms with Crippen LogP contribution in [0.15, 0.2) is 21.3 Å². The minimum Gasteiger partial charge on any atom is -0.391 e. The fraction of sp³-hybridized carbons (Fsp3) is 0.385. The normalized spacial score (nSPS) is 12.5. The van der Waals surface area contributed by atoms with Crippen molar-refractivity contribution in [1.82, 2.24) is 9.78 Å². The maximum atomic E-state index is 12.9. The summed E-state index contributed by atoms with van der Waals surface area (Å²) in [6.07, 6.45) is -4.88. The van der Waals surface area contributed by atoms with Crippen LogP contribution in [-0.2, 0) is 11.6 Å². The zero-order valence-electron chi connectivity index (χ0n) is 12.6. The van der Waals surface area contributed by atoms with E-state index in [9.17, 15) is 28.1 Å². The average molecular weight is 366 g/mol. The third kappa shape index (κ3) is 3.28. The van der Waals surface area contributed by atoms with Gasteiger partial charge in [-0.15, -0.1) is 5.10 Å². The third-order valence-electron chi connectivity index (χ3n) is 2.98. The molecule has 0 spiro atoms. The number of alkyl halides is 3. The predicted molar refractivity (Wildman–Crippen MR) is 77.5 cm³/mol. The van der Waals surface area contributed by atoms with Crippen LogP contribution in [0, 0.1) is 10.1 Å². The second kappa shape index (κ2) is 5.62. The highest BCUT2D eigenvalue weighted by Gasteiger charge is 2.37. The van der Waals surface area contributed by atoms with Gasteiger partial charge in [0.1, 0.15) is 0 Å². The summed E-state index contributed by atoms with van der Waals surface area (Å²) in [4.78, 5) is 22.0. The number of rotatable bonds is 2. The molecule has 0 saturated carbocycles. The van der Waals surface area contributed by atoms with Crippen LogP contribution < -0.4 is 5.76 Å². The summed E-state index contributed by atoms with van der Waals surface area (Å²) < 4.78 is 44.0. The first-order chi connectivity index (χ1) is 10.8. The average Bonchev–Trinajstić information content (AvgIpc) is 2.78. The van der Waals surface area contributed by atoms with Gasteiger partial charge in [0.05, 0.1) is 15.5 Å². The van der Waals surface area contributed by atoms with Gasteiger partial charge in [-0.1, -0.05) is 32.4 Å². The van der Waals surface area contributed by atoms with Crippen molar-refractivity contribution in [3.05, 3.63) is 49.3 Å². The number of halogens is 4. The Labute approximate surface area is 137 Å². The molecular weight excluding hydrogens is 355 g/mol. The molecule has 1 heterocycles. The molecule has 0 fully saturated rings. The molecule has 1 aromatic carbocycles. The van der Waals surface area contributed by atoms with Gasteiger partial charge in [0.25, 0.3) is 5.69 Å². The molecule has 0 radical (unpaired) electrons. The number of hydrogen-bond donors (Lipinski definition) is 0. The first kappa shape index (κ1) is 18.0. The second-order valence-corrected chi connectivity index (χ2v) is 6.32. The third-order valence-corrected chi connectivity index (χ3v) is 3.30. The van der Waals surface area contributed by atoms with Crippen LogP contribution >= 0.6 is 11.6 Å². The van der Waals surface area contributed by atoms with Gasteiger partial charge in [-0.3, -0.25) is 10.1 Å². The molecule has 2 aromatic rings. The molecule has 0 aliphatic carbocycles. The van der Waals surface area contributed by atoms with E-state index in [2.05, 4.69) is 5.10 Å². The van der Waals surface area contributed by atoms with Crippen molar-refractivity contribution in [2.75, 3.05) is 0 Å². The quantitative estimate of drug-likeness (QED) is 0.597. The Kier molecular flexibility index (Phi) is 4.21. The van der Waals surface area contributed by atoms with E-state index in [1.54, 1.807) is 20.8 Å². The molecule has 24 heavy (non-hydrogen) atoms. The summed E-state index contributed by atoms with van der Waals surface area (Å²) in [6, 6.07) is 0.925. The standard InChI is InChI=1S/C13H11ClF3N3O4/c1-12(2,3)10-18-19(11(21)24-10)8-5-7(14)6(13(15,16)17)4-9(8)20(22)23/h4-5H,1-3H3. The number of aromatic nitrogens is 2. The maximum absolute atomic E-state index is 12.9. The molecule has 7 nitrogen and oxygen atoms in total. The largest absolute Gasteiger partial charge is 0.442 e. The summed E-state index contributed by atoms with van der Waals surface area (Å²) in [6.45, 7) is 5.03. The van der Waals surface area contributed by atoms with E-state index in [1.807, 2.05) is 0 Å². The highest BCUT2D eigenvalue weighted by Crippen LogP contribution is 2.39. The van der Waals surface area contributed by atoms with E-state index in [4.69, 9.17) is 16.0 Å². The summed E-state index contributed by atoms with van der Waals surface area (Å²) >= 11 is 5.57. The van der Waals surface area contributed by atoms with Gasteiger partial charge < -0.3 is 4.42 Å². The van der Waals surface area contributed by atoms with Crippen molar-refractivity contribution in [3.63, 3.8) is 0 Å². The van der Waals surface area contributed by atoms with Crippen molar-refractivity contribution in [3.8, 4) is 5.69 Å². The molecule has 0 unspecified atom stereocenters. The van der Waals surface area contributed by atoms with Crippen LogP contribution in [0.2, 0.25) is 5.02 Å². The molecule has 0 aliphatic heterocycles. The number of nitro groups is 1. The predicted octanol–water partition coefficient (Wildman–Crippen LogP) is 3.70.